The molecule has 1 aromatic rings. The van der Waals surface area contributed by atoms with Gasteiger partial charge in [0.25, 0.3) is 10.0 Å². The monoisotopic (exact) mass is 283 g/mol. The number of aryl methyl sites for hydroxylation is 2. The van der Waals surface area contributed by atoms with Gasteiger partial charge in [-0.25, -0.2) is 8.42 Å². The molecule has 5 nitrogen and oxygen atoms in total. The van der Waals surface area contributed by atoms with Gasteiger partial charge in [0.1, 0.15) is 0 Å². The van der Waals surface area contributed by atoms with Gasteiger partial charge in [-0.1, -0.05) is 6.42 Å². The molecule has 1 atom stereocenters. The van der Waals surface area contributed by atoms with E-state index in [2.05, 4.69) is 5.10 Å². The van der Waals surface area contributed by atoms with E-state index in [9.17, 15) is 8.42 Å². The molecule has 0 N–H and O–H groups in total. The van der Waals surface area contributed by atoms with E-state index in [1.165, 1.54) is 23.9 Å². The Labute approximate surface area is 114 Å². The van der Waals surface area contributed by atoms with Crippen molar-refractivity contribution in [2.75, 3.05) is 6.54 Å². The van der Waals surface area contributed by atoms with E-state index >= 15 is 0 Å². The first-order valence-electron chi connectivity index (χ1n) is 6.86. The van der Waals surface area contributed by atoms with Gasteiger partial charge in [-0.15, -0.1) is 0 Å². The zero-order valence-corrected chi connectivity index (χ0v) is 12.6. The summed E-state index contributed by atoms with van der Waals surface area (Å²) < 4.78 is 28.8. The van der Waals surface area contributed by atoms with E-state index < -0.39 is 10.0 Å². The van der Waals surface area contributed by atoms with Crippen LogP contribution in [0.25, 0.3) is 0 Å². The van der Waals surface area contributed by atoms with Crippen LogP contribution in [0.15, 0.2) is 11.2 Å². The maximum Gasteiger partial charge on any atom is 0.260 e. The summed E-state index contributed by atoms with van der Waals surface area (Å²) in [6.07, 6.45) is 6.21. The summed E-state index contributed by atoms with van der Waals surface area (Å²) in [7, 11) is -1.73. The lowest BCUT2D eigenvalue weighted by molar-refractivity contribution is 0.152. The number of sulfonamides is 1. The second-order valence-corrected chi connectivity index (χ2v) is 8.02. The van der Waals surface area contributed by atoms with Crippen LogP contribution < -0.4 is 0 Å². The van der Waals surface area contributed by atoms with Gasteiger partial charge in [-0.3, -0.25) is 4.68 Å². The molecule has 1 saturated heterocycles. The predicted octanol–water partition coefficient (Wildman–Crippen LogP) is 1.68. The number of nitrogens with zero attached hydrogens (tertiary/aromatic N) is 3. The third-order valence-electron chi connectivity index (χ3n) is 4.73. The fourth-order valence-electron chi connectivity index (χ4n) is 3.66. The summed E-state index contributed by atoms with van der Waals surface area (Å²) in [5.41, 5.74) is 0.989. The molecule has 1 unspecified atom stereocenters. The van der Waals surface area contributed by atoms with Crippen molar-refractivity contribution < 1.29 is 8.42 Å². The van der Waals surface area contributed by atoms with Crippen LogP contribution in [-0.4, -0.2) is 35.1 Å². The zero-order chi connectivity index (χ0) is 13.8. The van der Waals surface area contributed by atoms with Crippen molar-refractivity contribution in [3.63, 3.8) is 0 Å². The van der Waals surface area contributed by atoms with Gasteiger partial charge in [-0.2, -0.15) is 9.40 Å². The van der Waals surface area contributed by atoms with E-state index in [1.807, 2.05) is 6.92 Å². The van der Waals surface area contributed by atoms with Crippen LogP contribution in [0.2, 0.25) is 0 Å². The predicted molar refractivity (Wildman–Crippen MR) is 72.2 cm³/mol. The molecule has 0 radical (unpaired) electrons. The topological polar surface area (TPSA) is 55.2 Å². The smallest absolute Gasteiger partial charge is 0.256 e. The van der Waals surface area contributed by atoms with Gasteiger partial charge in [-0.05, 0) is 38.5 Å². The molecule has 1 aromatic heterocycles. The Morgan fingerprint density at radius 1 is 1.42 bits per heavy atom. The van der Waals surface area contributed by atoms with Crippen molar-refractivity contribution >= 4 is 10.0 Å². The minimum atomic E-state index is -3.42. The van der Waals surface area contributed by atoms with E-state index in [4.69, 9.17) is 0 Å². The van der Waals surface area contributed by atoms with Crippen molar-refractivity contribution in [1.29, 1.82) is 0 Å². The fourth-order valence-corrected chi connectivity index (χ4v) is 5.71. The fraction of sp³-hybridized carbons (Fsp3) is 0.769. The molecule has 1 aliphatic carbocycles. The molecule has 0 aromatic carbocycles. The lowest BCUT2D eigenvalue weighted by Gasteiger charge is -2.38. The van der Waals surface area contributed by atoms with Gasteiger partial charge >= 0.3 is 0 Å². The Morgan fingerprint density at radius 2 is 2.11 bits per heavy atom. The van der Waals surface area contributed by atoms with Crippen LogP contribution in [0.1, 0.15) is 38.2 Å². The van der Waals surface area contributed by atoms with Crippen molar-refractivity contribution in [2.24, 2.45) is 12.5 Å². The molecule has 0 bridgehead atoms. The molecule has 2 fully saturated rings. The maximum absolute atomic E-state index is 12.8. The number of aromatic nitrogens is 2. The molecular weight excluding hydrogens is 262 g/mol. The molecular formula is C13H21N3O2S. The molecule has 2 heterocycles. The van der Waals surface area contributed by atoms with Crippen LogP contribution in [0, 0.1) is 12.3 Å². The molecule has 19 heavy (non-hydrogen) atoms. The van der Waals surface area contributed by atoms with E-state index in [0.29, 0.717) is 11.6 Å². The van der Waals surface area contributed by atoms with Gasteiger partial charge < -0.3 is 0 Å². The zero-order valence-electron chi connectivity index (χ0n) is 11.8. The highest BCUT2D eigenvalue weighted by molar-refractivity contribution is 7.89. The van der Waals surface area contributed by atoms with Crippen LogP contribution >= 0.6 is 0 Å². The molecule has 6 heteroatoms. The Hall–Kier alpha value is -0.880. The summed E-state index contributed by atoms with van der Waals surface area (Å²) in [4.78, 5) is 0. The SMILES string of the molecule is Cc1cnn(C)c1S(=O)(=O)N1CC2(CCC2)CC1C. The van der Waals surface area contributed by atoms with E-state index in [-0.39, 0.29) is 11.5 Å². The lowest BCUT2D eigenvalue weighted by Crippen LogP contribution is -2.38. The standard InChI is InChI=1S/C13H21N3O2S/c1-10-8-14-15(3)12(10)19(17,18)16-9-13(5-4-6-13)7-11(16)2/h8,11H,4-7,9H2,1-3H3. The molecule has 3 rings (SSSR count). The quantitative estimate of drug-likeness (QED) is 0.830. The third kappa shape index (κ3) is 1.84. The summed E-state index contributed by atoms with van der Waals surface area (Å²) in [5, 5.41) is 4.40. The Kier molecular flexibility index (Phi) is 2.80. The van der Waals surface area contributed by atoms with Crippen molar-refractivity contribution in [2.45, 2.75) is 50.6 Å². The van der Waals surface area contributed by atoms with Crippen LogP contribution in [0.5, 0.6) is 0 Å². The highest BCUT2D eigenvalue weighted by Gasteiger charge is 2.50. The van der Waals surface area contributed by atoms with E-state index in [0.717, 1.165) is 12.0 Å². The average molecular weight is 283 g/mol. The van der Waals surface area contributed by atoms with Gasteiger partial charge in [0.05, 0.1) is 6.20 Å². The average Bonchev–Trinajstić information content (AvgIpc) is 2.79. The van der Waals surface area contributed by atoms with Crippen LogP contribution in [0.4, 0.5) is 0 Å². The summed E-state index contributed by atoms with van der Waals surface area (Å²) in [5.74, 6) is 0. The Morgan fingerprint density at radius 3 is 2.53 bits per heavy atom. The molecule has 0 amide bonds. The Balaban J connectivity index is 1.97. The number of rotatable bonds is 2. The van der Waals surface area contributed by atoms with Crippen LogP contribution in [0.3, 0.4) is 0 Å². The minimum Gasteiger partial charge on any atom is -0.256 e. The second-order valence-electron chi connectivity index (χ2n) is 6.21. The first-order chi connectivity index (χ1) is 8.86. The van der Waals surface area contributed by atoms with Crippen molar-refractivity contribution in [3.05, 3.63) is 11.8 Å². The minimum absolute atomic E-state index is 0.0969. The van der Waals surface area contributed by atoms with Gasteiger partial charge in [0.2, 0.25) is 0 Å². The molecule has 106 valence electrons. The summed E-state index contributed by atoms with van der Waals surface area (Å²) in [6, 6.07) is 0.0969. The molecule has 1 aliphatic heterocycles. The van der Waals surface area contributed by atoms with Gasteiger partial charge in [0.15, 0.2) is 5.03 Å². The van der Waals surface area contributed by atoms with Gasteiger partial charge in [0, 0.05) is 25.2 Å². The lowest BCUT2D eigenvalue weighted by atomic mass is 9.68. The highest BCUT2D eigenvalue weighted by atomic mass is 32.2. The summed E-state index contributed by atoms with van der Waals surface area (Å²) >= 11 is 0. The van der Waals surface area contributed by atoms with Crippen LogP contribution in [-0.2, 0) is 17.1 Å². The normalized spacial score (nSPS) is 26.8. The molecule has 2 aliphatic rings. The van der Waals surface area contributed by atoms with Crippen molar-refractivity contribution in [3.8, 4) is 0 Å². The first kappa shape index (κ1) is 13.1. The molecule has 1 saturated carbocycles. The number of hydrogen-bond donors (Lipinski definition) is 0. The first-order valence-corrected chi connectivity index (χ1v) is 8.30. The molecule has 1 spiro atoms. The second kappa shape index (κ2) is 4.06. The van der Waals surface area contributed by atoms with E-state index in [1.54, 1.807) is 24.5 Å². The number of hydrogen-bond acceptors (Lipinski definition) is 3. The third-order valence-corrected chi connectivity index (χ3v) is 6.92. The Bertz CT molecular complexity index is 582. The highest BCUT2D eigenvalue weighted by Crippen LogP contribution is 2.51. The van der Waals surface area contributed by atoms with Crippen molar-refractivity contribution in [1.82, 2.24) is 14.1 Å². The maximum atomic E-state index is 12.8. The largest absolute Gasteiger partial charge is 0.260 e. The summed E-state index contributed by atoms with van der Waals surface area (Å²) in [6.45, 7) is 4.51.